The van der Waals surface area contributed by atoms with Gasteiger partial charge in [0, 0.05) is 17.1 Å². The second-order valence-electron chi connectivity index (χ2n) is 4.46. The van der Waals surface area contributed by atoms with E-state index in [2.05, 4.69) is 10.3 Å². The Morgan fingerprint density at radius 1 is 1.40 bits per heavy atom. The number of aliphatic hydroxyl groups excluding tert-OH is 1. The van der Waals surface area contributed by atoms with Gasteiger partial charge < -0.3 is 10.2 Å². The maximum absolute atomic E-state index is 11.2. The summed E-state index contributed by atoms with van der Waals surface area (Å²) in [5.74, 6) is -1.14. The monoisotopic (exact) mass is 295 g/mol. The van der Waals surface area contributed by atoms with Gasteiger partial charge in [0.25, 0.3) is 0 Å². The third-order valence-corrected chi connectivity index (χ3v) is 3.07. The molecule has 7 heteroatoms. The van der Waals surface area contributed by atoms with Crippen LogP contribution in [0, 0.1) is 0 Å². The molecule has 2 rings (SSSR count). The highest BCUT2D eigenvalue weighted by atomic mass is 35.5. The average molecular weight is 296 g/mol. The standard InChI is InChI=1S/C13H14ClN3O3/c1-8(18)6-7-17-12(11(13(19)20)15-16-17)9-2-4-10(14)5-3-9/h2-5,8,18H,6-7H2,1H3,(H,19,20). The Morgan fingerprint density at radius 3 is 2.60 bits per heavy atom. The molecule has 0 bridgehead atoms. The predicted octanol–water partition coefficient (Wildman–Crippen LogP) is 2.07. The zero-order chi connectivity index (χ0) is 14.7. The van der Waals surface area contributed by atoms with E-state index in [-0.39, 0.29) is 5.69 Å². The van der Waals surface area contributed by atoms with Gasteiger partial charge in [0.1, 0.15) is 5.69 Å². The molecule has 0 amide bonds. The summed E-state index contributed by atoms with van der Waals surface area (Å²) < 4.78 is 1.49. The maximum atomic E-state index is 11.2. The first-order chi connectivity index (χ1) is 9.49. The smallest absolute Gasteiger partial charge is 0.358 e. The lowest BCUT2D eigenvalue weighted by Crippen LogP contribution is -2.10. The minimum atomic E-state index is -1.14. The molecule has 1 aromatic carbocycles. The van der Waals surface area contributed by atoms with Crippen molar-refractivity contribution in [3.05, 3.63) is 35.0 Å². The first-order valence-corrected chi connectivity index (χ1v) is 6.47. The molecule has 0 spiro atoms. The molecular weight excluding hydrogens is 282 g/mol. The molecule has 0 aliphatic heterocycles. The number of aromatic carboxylic acids is 1. The fraction of sp³-hybridized carbons (Fsp3) is 0.308. The fourth-order valence-corrected chi connectivity index (χ4v) is 1.94. The molecule has 2 aromatic rings. The van der Waals surface area contributed by atoms with Gasteiger partial charge >= 0.3 is 5.97 Å². The van der Waals surface area contributed by atoms with Gasteiger partial charge in [-0.1, -0.05) is 28.9 Å². The molecule has 0 aliphatic carbocycles. The van der Waals surface area contributed by atoms with Gasteiger partial charge in [-0.05, 0) is 25.5 Å². The van der Waals surface area contributed by atoms with Crippen molar-refractivity contribution in [2.24, 2.45) is 0 Å². The third-order valence-electron chi connectivity index (χ3n) is 2.81. The summed E-state index contributed by atoms with van der Waals surface area (Å²) in [5.41, 5.74) is 0.968. The van der Waals surface area contributed by atoms with E-state index >= 15 is 0 Å². The number of carboxylic acids is 1. The second-order valence-corrected chi connectivity index (χ2v) is 4.90. The van der Waals surface area contributed by atoms with Crippen molar-refractivity contribution in [1.29, 1.82) is 0 Å². The van der Waals surface area contributed by atoms with Gasteiger partial charge in [0.05, 0.1) is 6.10 Å². The summed E-state index contributed by atoms with van der Waals surface area (Å²) in [6.07, 6.45) is -0.0335. The lowest BCUT2D eigenvalue weighted by molar-refractivity contribution is 0.0691. The van der Waals surface area contributed by atoms with Gasteiger partial charge in [-0.2, -0.15) is 0 Å². The molecule has 0 aliphatic rings. The summed E-state index contributed by atoms with van der Waals surface area (Å²) in [4.78, 5) is 11.2. The Hall–Kier alpha value is -1.92. The molecule has 20 heavy (non-hydrogen) atoms. The first-order valence-electron chi connectivity index (χ1n) is 6.10. The molecule has 0 saturated heterocycles. The summed E-state index contributed by atoms with van der Waals surface area (Å²) >= 11 is 5.83. The molecule has 0 fully saturated rings. The van der Waals surface area contributed by atoms with Gasteiger partial charge in [-0.15, -0.1) is 5.10 Å². The molecule has 2 N–H and O–H groups in total. The van der Waals surface area contributed by atoms with E-state index in [0.717, 1.165) is 0 Å². The minimum absolute atomic E-state index is 0.113. The Labute approximate surface area is 120 Å². The fourth-order valence-electron chi connectivity index (χ4n) is 1.82. The molecule has 1 atom stereocenters. The number of hydrogen-bond acceptors (Lipinski definition) is 4. The summed E-state index contributed by atoms with van der Waals surface area (Å²) in [5, 5.41) is 26.6. The molecule has 1 heterocycles. The van der Waals surface area contributed by atoms with Crippen LogP contribution in [0.4, 0.5) is 0 Å². The van der Waals surface area contributed by atoms with E-state index in [4.69, 9.17) is 11.6 Å². The second kappa shape index (κ2) is 6.02. The number of benzene rings is 1. The zero-order valence-corrected chi connectivity index (χ0v) is 11.6. The Balaban J connectivity index is 2.44. The largest absolute Gasteiger partial charge is 0.476 e. The molecule has 1 unspecified atom stereocenters. The van der Waals surface area contributed by atoms with Crippen LogP contribution in [0.5, 0.6) is 0 Å². The number of carbonyl (C=O) groups is 1. The van der Waals surface area contributed by atoms with E-state index in [1.54, 1.807) is 31.2 Å². The Morgan fingerprint density at radius 2 is 2.05 bits per heavy atom. The number of aliphatic hydroxyl groups is 1. The Bertz CT molecular complexity index is 608. The van der Waals surface area contributed by atoms with Crippen LogP contribution in [-0.4, -0.2) is 37.3 Å². The van der Waals surface area contributed by atoms with Crippen molar-refractivity contribution in [1.82, 2.24) is 15.0 Å². The zero-order valence-electron chi connectivity index (χ0n) is 10.8. The normalized spacial score (nSPS) is 12.3. The third kappa shape index (κ3) is 3.15. The quantitative estimate of drug-likeness (QED) is 0.881. The highest BCUT2D eigenvalue weighted by Crippen LogP contribution is 2.24. The van der Waals surface area contributed by atoms with E-state index in [0.29, 0.717) is 29.2 Å². The number of carboxylic acid groups (broad SMARTS) is 1. The lowest BCUT2D eigenvalue weighted by atomic mass is 10.1. The van der Waals surface area contributed by atoms with Crippen LogP contribution in [0.25, 0.3) is 11.3 Å². The summed E-state index contributed by atoms with van der Waals surface area (Å²) in [6.45, 7) is 2.05. The molecule has 0 radical (unpaired) electrons. The number of hydrogen-bond donors (Lipinski definition) is 2. The van der Waals surface area contributed by atoms with Crippen molar-refractivity contribution in [3.8, 4) is 11.3 Å². The van der Waals surface area contributed by atoms with Crippen LogP contribution in [0.3, 0.4) is 0 Å². The van der Waals surface area contributed by atoms with Crippen LogP contribution < -0.4 is 0 Å². The van der Waals surface area contributed by atoms with Gasteiger partial charge in [0.2, 0.25) is 0 Å². The van der Waals surface area contributed by atoms with E-state index in [1.165, 1.54) is 4.68 Å². The van der Waals surface area contributed by atoms with Gasteiger partial charge in [-0.3, -0.25) is 0 Å². The van der Waals surface area contributed by atoms with Crippen LogP contribution in [-0.2, 0) is 6.54 Å². The number of halogens is 1. The van der Waals surface area contributed by atoms with Crippen LogP contribution in [0.2, 0.25) is 5.02 Å². The van der Waals surface area contributed by atoms with Gasteiger partial charge in [0.15, 0.2) is 5.69 Å². The topological polar surface area (TPSA) is 88.2 Å². The van der Waals surface area contributed by atoms with Gasteiger partial charge in [-0.25, -0.2) is 9.48 Å². The summed E-state index contributed by atoms with van der Waals surface area (Å²) in [6, 6.07) is 6.78. The lowest BCUT2D eigenvalue weighted by Gasteiger charge is -2.08. The first kappa shape index (κ1) is 14.5. The average Bonchev–Trinajstić information content (AvgIpc) is 2.81. The maximum Gasteiger partial charge on any atom is 0.358 e. The molecule has 0 saturated carbocycles. The predicted molar refractivity (Wildman–Crippen MR) is 73.7 cm³/mol. The highest BCUT2D eigenvalue weighted by molar-refractivity contribution is 6.30. The molecule has 106 valence electrons. The number of aromatic nitrogens is 3. The van der Waals surface area contributed by atoms with Crippen molar-refractivity contribution in [3.63, 3.8) is 0 Å². The number of nitrogens with zero attached hydrogens (tertiary/aromatic N) is 3. The minimum Gasteiger partial charge on any atom is -0.476 e. The molecule has 1 aromatic heterocycles. The Kier molecular flexibility index (Phi) is 4.36. The van der Waals surface area contributed by atoms with Crippen molar-refractivity contribution in [2.45, 2.75) is 26.0 Å². The number of rotatable bonds is 5. The van der Waals surface area contributed by atoms with E-state index < -0.39 is 12.1 Å². The number of aryl methyl sites for hydroxylation is 1. The highest BCUT2D eigenvalue weighted by Gasteiger charge is 2.20. The molecule has 6 nitrogen and oxygen atoms in total. The van der Waals surface area contributed by atoms with Crippen LogP contribution in [0.1, 0.15) is 23.8 Å². The summed E-state index contributed by atoms with van der Waals surface area (Å²) in [7, 11) is 0. The van der Waals surface area contributed by atoms with Crippen LogP contribution >= 0.6 is 11.6 Å². The SMILES string of the molecule is CC(O)CCn1nnc(C(=O)O)c1-c1ccc(Cl)cc1. The molecular formula is C13H14ClN3O3. The van der Waals surface area contributed by atoms with Crippen molar-refractivity contribution in [2.75, 3.05) is 0 Å². The van der Waals surface area contributed by atoms with Crippen LogP contribution in [0.15, 0.2) is 24.3 Å². The van der Waals surface area contributed by atoms with E-state index in [9.17, 15) is 15.0 Å². The van der Waals surface area contributed by atoms with Crippen molar-refractivity contribution < 1.29 is 15.0 Å². The van der Waals surface area contributed by atoms with E-state index in [1.807, 2.05) is 0 Å². The van der Waals surface area contributed by atoms with Crippen molar-refractivity contribution >= 4 is 17.6 Å².